The number of nitro groups is 1. The third-order valence-corrected chi connectivity index (χ3v) is 3.85. The van der Waals surface area contributed by atoms with Crippen molar-refractivity contribution >= 4 is 11.8 Å². The zero-order valence-corrected chi connectivity index (χ0v) is 14.2. The maximum Gasteiger partial charge on any atom is 0.274 e. The summed E-state index contributed by atoms with van der Waals surface area (Å²) in [5.41, 5.74) is 2.62. The predicted molar refractivity (Wildman–Crippen MR) is 92.1 cm³/mol. The lowest BCUT2D eigenvalue weighted by atomic mass is 10.1. The fraction of sp³-hybridized carbons (Fsp3) is 0.467. The van der Waals surface area contributed by atoms with Gasteiger partial charge in [-0.2, -0.15) is 11.8 Å². The van der Waals surface area contributed by atoms with Gasteiger partial charge in [-0.05, 0) is 25.2 Å². The molecule has 0 atom stereocenters. The quantitative estimate of drug-likeness (QED) is 0.389. The van der Waals surface area contributed by atoms with Gasteiger partial charge in [0.15, 0.2) is 5.82 Å². The SMILES string of the molecule is CNC(=C[N+](=O)[O-])NCCSCc1cccc(CN(C)C)c1. The molecule has 1 aromatic rings. The highest BCUT2D eigenvalue weighted by Crippen LogP contribution is 2.14. The number of thioether (sulfide) groups is 1. The van der Waals surface area contributed by atoms with Gasteiger partial charge in [-0.1, -0.05) is 24.3 Å². The standard InChI is InChI=1S/C15H24N4O2S/c1-16-15(11-19(20)21)17-7-8-22-12-14-6-4-5-13(9-14)10-18(2)3/h4-6,9,11,16-17H,7-8,10,12H2,1-3H3. The molecule has 0 fully saturated rings. The van der Waals surface area contributed by atoms with Crippen LogP contribution in [0, 0.1) is 10.1 Å². The first kappa shape index (κ1) is 18.3. The van der Waals surface area contributed by atoms with Crippen molar-refractivity contribution in [1.29, 1.82) is 0 Å². The summed E-state index contributed by atoms with van der Waals surface area (Å²) in [6.07, 6.45) is 0.940. The Kier molecular flexibility index (Phi) is 8.39. The van der Waals surface area contributed by atoms with Gasteiger partial charge in [0.2, 0.25) is 0 Å². The Bertz CT molecular complexity index is 506. The number of hydrogen-bond donors (Lipinski definition) is 2. The normalized spacial score (nSPS) is 11.5. The van der Waals surface area contributed by atoms with Gasteiger partial charge < -0.3 is 15.5 Å². The highest BCUT2D eigenvalue weighted by molar-refractivity contribution is 7.98. The molecule has 122 valence electrons. The highest BCUT2D eigenvalue weighted by atomic mass is 32.2. The molecular formula is C15H24N4O2S. The molecule has 1 aromatic carbocycles. The van der Waals surface area contributed by atoms with Crippen molar-refractivity contribution in [2.24, 2.45) is 0 Å². The molecule has 0 radical (unpaired) electrons. The van der Waals surface area contributed by atoms with E-state index >= 15 is 0 Å². The van der Waals surface area contributed by atoms with E-state index in [1.54, 1.807) is 18.8 Å². The zero-order chi connectivity index (χ0) is 16.4. The molecule has 0 spiro atoms. The fourth-order valence-corrected chi connectivity index (χ4v) is 2.74. The molecule has 6 nitrogen and oxygen atoms in total. The lowest BCUT2D eigenvalue weighted by molar-refractivity contribution is -0.404. The summed E-state index contributed by atoms with van der Waals surface area (Å²) >= 11 is 1.80. The third-order valence-electron chi connectivity index (χ3n) is 2.82. The molecule has 0 aliphatic heterocycles. The van der Waals surface area contributed by atoms with Crippen LogP contribution in [0.1, 0.15) is 11.1 Å². The fourth-order valence-electron chi connectivity index (χ4n) is 1.93. The summed E-state index contributed by atoms with van der Waals surface area (Å²) < 4.78 is 0. The molecule has 0 aliphatic carbocycles. The Morgan fingerprint density at radius 3 is 2.77 bits per heavy atom. The highest BCUT2D eigenvalue weighted by Gasteiger charge is 2.01. The van der Waals surface area contributed by atoms with Crippen molar-refractivity contribution in [3.8, 4) is 0 Å². The van der Waals surface area contributed by atoms with E-state index in [0.29, 0.717) is 12.4 Å². The second-order valence-electron chi connectivity index (χ2n) is 5.12. The summed E-state index contributed by atoms with van der Waals surface area (Å²) in [6, 6.07) is 8.58. The topological polar surface area (TPSA) is 70.4 Å². The summed E-state index contributed by atoms with van der Waals surface area (Å²) in [5, 5.41) is 16.2. The van der Waals surface area contributed by atoms with E-state index in [-0.39, 0.29) is 0 Å². The van der Waals surface area contributed by atoms with Crippen LogP contribution >= 0.6 is 11.8 Å². The number of rotatable bonds is 10. The molecule has 1 rings (SSSR count). The van der Waals surface area contributed by atoms with Crippen LogP contribution in [0.25, 0.3) is 0 Å². The third kappa shape index (κ3) is 7.90. The zero-order valence-electron chi connectivity index (χ0n) is 13.3. The molecule has 0 aromatic heterocycles. The smallest absolute Gasteiger partial charge is 0.274 e. The average Bonchev–Trinajstić information content (AvgIpc) is 2.45. The molecule has 2 N–H and O–H groups in total. The molecule has 0 saturated heterocycles. The minimum absolute atomic E-state index is 0.429. The Balaban J connectivity index is 2.31. The van der Waals surface area contributed by atoms with Gasteiger partial charge in [0.05, 0.1) is 4.92 Å². The lowest BCUT2D eigenvalue weighted by Crippen LogP contribution is -2.26. The van der Waals surface area contributed by atoms with Crippen LogP contribution in [0.3, 0.4) is 0 Å². The second kappa shape index (κ2) is 10.1. The van der Waals surface area contributed by atoms with Crippen molar-refractivity contribution in [2.75, 3.05) is 33.4 Å². The van der Waals surface area contributed by atoms with Crippen molar-refractivity contribution in [2.45, 2.75) is 12.3 Å². The summed E-state index contributed by atoms with van der Waals surface area (Å²) in [7, 11) is 5.78. The number of nitrogens with zero attached hydrogens (tertiary/aromatic N) is 2. The Morgan fingerprint density at radius 2 is 2.14 bits per heavy atom. The lowest BCUT2D eigenvalue weighted by Gasteiger charge is -2.11. The second-order valence-corrected chi connectivity index (χ2v) is 6.22. The van der Waals surface area contributed by atoms with E-state index in [4.69, 9.17) is 0 Å². The van der Waals surface area contributed by atoms with E-state index in [0.717, 1.165) is 24.3 Å². The van der Waals surface area contributed by atoms with E-state index in [2.05, 4.69) is 53.9 Å². The van der Waals surface area contributed by atoms with Crippen LogP contribution < -0.4 is 10.6 Å². The molecule has 0 heterocycles. The van der Waals surface area contributed by atoms with Gasteiger partial charge in [-0.3, -0.25) is 10.1 Å². The average molecular weight is 324 g/mol. The van der Waals surface area contributed by atoms with Crippen LogP contribution in [0.5, 0.6) is 0 Å². The Labute approximate surface area is 136 Å². The minimum Gasteiger partial charge on any atom is -0.370 e. The van der Waals surface area contributed by atoms with Crippen molar-refractivity contribution in [3.63, 3.8) is 0 Å². The molecule has 7 heteroatoms. The number of benzene rings is 1. The first-order chi connectivity index (χ1) is 10.5. The summed E-state index contributed by atoms with van der Waals surface area (Å²) in [6.45, 7) is 1.62. The Hall–Kier alpha value is -1.73. The molecular weight excluding hydrogens is 300 g/mol. The first-order valence-electron chi connectivity index (χ1n) is 7.08. The molecule has 0 amide bonds. The van der Waals surface area contributed by atoms with Crippen molar-refractivity contribution < 1.29 is 4.92 Å². The van der Waals surface area contributed by atoms with Gasteiger partial charge in [0.25, 0.3) is 6.20 Å². The van der Waals surface area contributed by atoms with Gasteiger partial charge in [-0.15, -0.1) is 0 Å². The van der Waals surface area contributed by atoms with E-state index in [1.807, 2.05) is 0 Å². The largest absolute Gasteiger partial charge is 0.370 e. The molecule has 0 saturated carbocycles. The van der Waals surface area contributed by atoms with Crippen molar-refractivity contribution in [1.82, 2.24) is 15.5 Å². The van der Waals surface area contributed by atoms with Crippen LogP contribution in [-0.2, 0) is 12.3 Å². The number of nitrogens with one attached hydrogen (secondary N) is 2. The minimum atomic E-state index is -0.470. The molecule has 22 heavy (non-hydrogen) atoms. The van der Waals surface area contributed by atoms with E-state index in [9.17, 15) is 10.1 Å². The van der Waals surface area contributed by atoms with Gasteiger partial charge in [0.1, 0.15) is 0 Å². The van der Waals surface area contributed by atoms with Gasteiger partial charge >= 0.3 is 0 Å². The van der Waals surface area contributed by atoms with Crippen LogP contribution in [0.4, 0.5) is 0 Å². The van der Waals surface area contributed by atoms with E-state index < -0.39 is 4.92 Å². The van der Waals surface area contributed by atoms with Gasteiger partial charge in [0, 0.05) is 31.6 Å². The summed E-state index contributed by atoms with van der Waals surface area (Å²) in [4.78, 5) is 12.1. The molecule has 0 bridgehead atoms. The monoisotopic (exact) mass is 324 g/mol. The maximum absolute atomic E-state index is 10.4. The van der Waals surface area contributed by atoms with Gasteiger partial charge in [-0.25, -0.2) is 0 Å². The van der Waals surface area contributed by atoms with Crippen LogP contribution in [0.15, 0.2) is 36.3 Å². The predicted octanol–water partition coefficient (Wildman–Crippen LogP) is 1.87. The van der Waals surface area contributed by atoms with E-state index in [1.165, 1.54) is 11.1 Å². The van der Waals surface area contributed by atoms with Crippen LogP contribution in [-0.4, -0.2) is 43.3 Å². The maximum atomic E-state index is 10.4. The number of hydrogen-bond acceptors (Lipinski definition) is 6. The molecule has 0 aliphatic rings. The Morgan fingerprint density at radius 1 is 1.41 bits per heavy atom. The first-order valence-corrected chi connectivity index (χ1v) is 8.24. The van der Waals surface area contributed by atoms with Crippen LogP contribution in [0.2, 0.25) is 0 Å². The molecule has 0 unspecified atom stereocenters. The van der Waals surface area contributed by atoms with Crippen molar-refractivity contribution in [3.05, 3.63) is 57.5 Å². The summed E-state index contributed by atoms with van der Waals surface area (Å²) in [5.74, 6) is 2.25.